The minimum Gasteiger partial charge on any atom is -1.00 e. The van der Waals surface area contributed by atoms with Gasteiger partial charge in [-0.05, 0) is 256 Å². The van der Waals surface area contributed by atoms with Crippen LogP contribution in [-0.2, 0) is 10.3 Å². The molecule has 8 rings (SSSR count). The zero-order valence-electron chi connectivity index (χ0n) is 83.8. The number of nitrogens with one attached hydrogen (secondary N) is 1. The van der Waals surface area contributed by atoms with Crippen molar-refractivity contribution in [2.45, 2.75) is 132 Å². The van der Waals surface area contributed by atoms with Crippen molar-refractivity contribution in [2.24, 2.45) is 35.5 Å². The maximum Gasteiger partial charge on any atom is 2.00 e. The van der Waals surface area contributed by atoms with Crippen LogP contribution in [0.25, 0.3) is 0 Å². The van der Waals surface area contributed by atoms with Crippen LogP contribution in [0.2, 0.25) is 0 Å². The molecule has 0 bridgehead atoms. The second kappa shape index (κ2) is 78.1. The Labute approximate surface area is 812 Å². The normalized spacial score (nSPS) is 13.0. The molecular formula is C102H168Cl3MgN7O13S. The van der Waals surface area contributed by atoms with Crippen LogP contribution in [0.5, 0.6) is 40.2 Å². The first-order chi connectivity index (χ1) is 57.9. The Morgan fingerprint density at radius 1 is 0.402 bits per heavy atom. The van der Waals surface area contributed by atoms with E-state index < -0.39 is 5.60 Å². The smallest absolute Gasteiger partial charge is 1.00 e. The standard InChI is InChI=1S/C15H25NO2.2C15H25NO.3C13H19NO2.C10H12O2.C4H8O.C2H7N.C2H5.3ClH.Mg.H2S/c1-6-15(17,12(2)11-16(3)4)13-8-7-9-14(10-13)18-5;2*1-6-15(12(2)11-16(3)4)13-8-7-9-14(10-13)17-5;3*1-10(9-14(2)3)13(15)11-6-5-7-12(8-11)16-4;1-3-10(11)8-5-4-6-9(7-8)12-2;1-2-4-5-3-1;1-3-2;1-2;;;;;/h7-10,12,17H,6,11H2,1-5H3;2*7-10,12,15H,6,11H2,1-5H3;3*5-8,10H,9H2,1-4H3;4-7H,3H2,1-2H3;1-4H2;3H,1-2H3;1H2,2H3;3*1H;;1H2/q;;;;;;;;;-1;;;;+2;/p-1/t3*12-,15+;2*10-;;;;;;;;;;/m00000........../s1. The molecule has 20 nitrogen and oxygen atoms in total. The summed E-state index contributed by atoms with van der Waals surface area (Å²) in [6.07, 6.45) is 6.12. The van der Waals surface area contributed by atoms with E-state index in [0.717, 1.165) is 104 Å². The Bertz CT molecular complexity index is 3680. The SMILES string of the molecule is C1CCOC1.CCC(=O)c1cccc(OC)c1.CC[C@@H](c1cccc(OC)c1)[C@@H](C)CN(C)C.CC[C@@H](c1cccc(OC)c1)[C@@H](C)CN(C)C.CC[C@](O)(c1cccc(OC)c1)[C@@H](C)CN(C)C.CNC.COc1cccc(C(=O)C(C)CN(C)C)c1.COc1cccc(C(=O)[C@@H](C)CN(C)C)c1.COc1cccc(C(=O)[C@@H](C)CN(C)C)c1.Cl.Cl.S.[CH2-]C.[Cl-].[Mg+2]. The molecule has 7 aromatic rings. The first kappa shape index (κ1) is 134. The summed E-state index contributed by atoms with van der Waals surface area (Å²) >= 11 is 0. The van der Waals surface area contributed by atoms with E-state index in [0.29, 0.717) is 53.2 Å². The molecule has 127 heavy (non-hydrogen) atoms. The number of ether oxygens (including phenoxy) is 8. The number of aliphatic hydroxyl groups is 1. The molecule has 1 aliphatic heterocycles. The number of hydrogen-bond acceptors (Lipinski definition) is 20. The quantitative estimate of drug-likeness (QED) is 0.0214. The van der Waals surface area contributed by atoms with Gasteiger partial charge in [-0.1, -0.05) is 154 Å². The van der Waals surface area contributed by atoms with Crippen LogP contribution in [0.3, 0.4) is 0 Å². The molecule has 0 spiro atoms. The average molecular weight is 1860 g/mol. The largest absolute Gasteiger partial charge is 2.00 e. The Hall–Kier alpha value is -6.55. The fraction of sp³-hybridized carbons (Fsp3) is 0.539. The van der Waals surface area contributed by atoms with Gasteiger partial charge in [0, 0.05) is 105 Å². The van der Waals surface area contributed by atoms with Crippen molar-refractivity contribution in [3.8, 4) is 40.2 Å². The van der Waals surface area contributed by atoms with Crippen LogP contribution >= 0.6 is 38.3 Å². The van der Waals surface area contributed by atoms with Crippen LogP contribution in [-0.4, -0.2) is 282 Å². The van der Waals surface area contributed by atoms with Gasteiger partial charge in [0.05, 0.1) is 55.4 Å². The van der Waals surface area contributed by atoms with Crippen molar-refractivity contribution in [1.29, 1.82) is 0 Å². The van der Waals surface area contributed by atoms with Crippen LogP contribution in [0.15, 0.2) is 170 Å². The third kappa shape index (κ3) is 56.1. The molecule has 1 fully saturated rings. The van der Waals surface area contributed by atoms with Gasteiger partial charge in [-0.3, -0.25) is 19.2 Å². The number of Topliss-reactive ketones (excluding diaryl/α,β-unsaturated/α-hetero) is 4. The van der Waals surface area contributed by atoms with Gasteiger partial charge >= 0.3 is 23.1 Å². The van der Waals surface area contributed by atoms with E-state index in [2.05, 4.69) is 126 Å². The molecule has 2 N–H and O–H groups in total. The van der Waals surface area contributed by atoms with Crippen molar-refractivity contribution < 1.29 is 74.6 Å². The Morgan fingerprint density at radius 3 is 0.882 bits per heavy atom. The summed E-state index contributed by atoms with van der Waals surface area (Å²) in [5, 5.41) is 13.7. The molecule has 0 aliphatic carbocycles. The molecule has 1 saturated heterocycles. The van der Waals surface area contributed by atoms with Crippen LogP contribution in [0.1, 0.15) is 185 Å². The maximum atomic E-state index is 12.1. The first-order valence-electron chi connectivity index (χ1n) is 43.0. The number of carbonyl (C=O) groups is 4. The van der Waals surface area contributed by atoms with E-state index in [1.807, 2.05) is 223 Å². The maximum absolute atomic E-state index is 12.1. The summed E-state index contributed by atoms with van der Waals surface area (Å²) < 4.78 is 41.1. The third-order valence-corrected chi connectivity index (χ3v) is 20.0. The summed E-state index contributed by atoms with van der Waals surface area (Å²) in [5.41, 5.74) is 5.77. The minimum atomic E-state index is -0.807. The molecule has 0 saturated carbocycles. The van der Waals surface area contributed by atoms with E-state index in [1.54, 1.807) is 87.0 Å². The van der Waals surface area contributed by atoms with Crippen molar-refractivity contribution in [3.63, 3.8) is 0 Å². The molecule has 25 heteroatoms. The summed E-state index contributed by atoms with van der Waals surface area (Å²) in [6.45, 7) is 33.3. The first-order valence-corrected chi connectivity index (χ1v) is 43.0. The van der Waals surface area contributed by atoms with Gasteiger partial charge in [-0.25, -0.2) is 0 Å². The van der Waals surface area contributed by atoms with Crippen molar-refractivity contribution >= 4 is 84.5 Å². The molecular weight excluding hydrogens is 1690 g/mol. The summed E-state index contributed by atoms with van der Waals surface area (Å²) in [6, 6.07) is 53.8. The van der Waals surface area contributed by atoms with Crippen LogP contribution in [0.4, 0.5) is 0 Å². The Kier molecular flexibility index (Phi) is 82.2. The molecule has 9 atom stereocenters. The third-order valence-electron chi connectivity index (χ3n) is 20.0. The molecule has 7 aromatic carbocycles. The monoisotopic (exact) mass is 1860 g/mol. The summed E-state index contributed by atoms with van der Waals surface area (Å²) in [4.78, 5) is 60.1. The van der Waals surface area contributed by atoms with Gasteiger partial charge in [0.25, 0.3) is 0 Å². The predicted molar refractivity (Wildman–Crippen MR) is 542 cm³/mol. The van der Waals surface area contributed by atoms with Crippen molar-refractivity contribution in [1.82, 2.24) is 34.7 Å². The van der Waals surface area contributed by atoms with Gasteiger partial charge in [0.15, 0.2) is 23.1 Å². The molecule has 718 valence electrons. The number of hydrogen-bond donors (Lipinski definition) is 2. The molecule has 0 radical (unpaired) electrons. The number of rotatable bonds is 36. The Balaban J connectivity index is -0.000000258. The molecule has 1 unspecified atom stereocenters. The number of nitrogens with zero attached hydrogens (tertiary/aromatic N) is 6. The fourth-order valence-corrected chi connectivity index (χ4v) is 14.1. The molecule has 0 aromatic heterocycles. The topological polar surface area (TPSA) is 194 Å². The van der Waals surface area contributed by atoms with Crippen LogP contribution in [0, 0.1) is 42.4 Å². The van der Waals surface area contributed by atoms with E-state index in [4.69, 9.17) is 37.9 Å². The summed E-state index contributed by atoms with van der Waals surface area (Å²) in [7, 11) is 39.6. The van der Waals surface area contributed by atoms with Crippen molar-refractivity contribution in [3.05, 3.63) is 216 Å². The molecule has 1 aliphatic rings. The summed E-state index contributed by atoms with van der Waals surface area (Å²) in [5.74, 6) is 8.91. The van der Waals surface area contributed by atoms with E-state index >= 15 is 0 Å². The van der Waals surface area contributed by atoms with Crippen molar-refractivity contribution in [2.75, 3.05) is 201 Å². The van der Waals surface area contributed by atoms with Gasteiger partial charge in [-0.2, -0.15) is 20.4 Å². The second-order valence-electron chi connectivity index (χ2n) is 32.3. The number of carbonyl (C=O) groups excluding carboxylic acids is 4. The number of methoxy groups -OCH3 is 7. The van der Waals surface area contributed by atoms with Gasteiger partial charge in [-0.15, -0.1) is 24.8 Å². The predicted octanol–water partition coefficient (Wildman–Crippen LogP) is 16.8. The van der Waals surface area contributed by atoms with Gasteiger partial charge < -0.3 is 97.0 Å². The second-order valence-corrected chi connectivity index (χ2v) is 32.3. The minimum absolute atomic E-state index is 0. The average Bonchev–Trinajstić information content (AvgIpc) is 0.936. The van der Waals surface area contributed by atoms with E-state index in [-0.39, 0.29) is 121 Å². The van der Waals surface area contributed by atoms with Gasteiger partial charge in [0.1, 0.15) is 40.2 Å². The molecule has 1 heterocycles. The molecule has 0 amide bonds. The van der Waals surface area contributed by atoms with E-state index in [1.165, 1.54) is 36.8 Å². The number of halogens is 3. The van der Waals surface area contributed by atoms with E-state index in [9.17, 15) is 24.3 Å². The zero-order valence-corrected chi connectivity index (χ0v) is 88.6. The number of benzene rings is 7. The number of ketones is 4. The zero-order chi connectivity index (χ0) is 93.0. The fourth-order valence-electron chi connectivity index (χ4n) is 14.1. The Morgan fingerprint density at radius 2 is 0.646 bits per heavy atom. The van der Waals surface area contributed by atoms with Gasteiger partial charge in [0.2, 0.25) is 0 Å². The van der Waals surface area contributed by atoms with Crippen LogP contribution < -0.4 is 50.9 Å².